The van der Waals surface area contributed by atoms with E-state index in [0.29, 0.717) is 10.3 Å². The number of thioether (sulfide) groups is 1. The number of nitrogens with one attached hydrogen (secondary N) is 1. The lowest BCUT2D eigenvalue weighted by molar-refractivity contribution is -0.113. The van der Waals surface area contributed by atoms with Gasteiger partial charge in [0.1, 0.15) is 0 Å². The van der Waals surface area contributed by atoms with E-state index in [4.69, 9.17) is 0 Å². The van der Waals surface area contributed by atoms with Gasteiger partial charge in [-0.25, -0.2) is 4.98 Å². The minimum Gasteiger partial charge on any atom is -0.301 e. The van der Waals surface area contributed by atoms with E-state index in [1.54, 1.807) is 4.68 Å². The Hall–Kier alpha value is -2.30. The van der Waals surface area contributed by atoms with Crippen molar-refractivity contribution in [2.45, 2.75) is 12.1 Å². The van der Waals surface area contributed by atoms with Crippen LogP contribution >= 0.6 is 39.0 Å². The van der Waals surface area contributed by atoms with Crippen LogP contribution in [-0.2, 0) is 4.79 Å². The topological polar surface area (TPSA) is 85.6 Å². The Morgan fingerprint density at radius 2 is 2.07 bits per heavy atom. The molecule has 0 aliphatic heterocycles. The summed E-state index contributed by atoms with van der Waals surface area (Å²) in [6.07, 6.45) is 0. The summed E-state index contributed by atoms with van der Waals surface area (Å²) in [6, 6.07) is 13.6. The summed E-state index contributed by atoms with van der Waals surface area (Å²) in [5.41, 5.74) is 2.87. The number of hydrogen-bond donors (Lipinski definition) is 1. The minimum atomic E-state index is -0.152. The summed E-state index contributed by atoms with van der Waals surface area (Å²) in [7, 11) is 0. The first-order chi connectivity index (χ1) is 13.1. The van der Waals surface area contributed by atoms with Gasteiger partial charge in [0, 0.05) is 4.47 Å². The first kappa shape index (κ1) is 18.1. The van der Waals surface area contributed by atoms with E-state index >= 15 is 0 Å². The van der Waals surface area contributed by atoms with Crippen LogP contribution < -0.4 is 5.32 Å². The third kappa shape index (κ3) is 4.18. The smallest absolute Gasteiger partial charge is 0.236 e. The molecule has 0 unspecified atom stereocenters. The molecule has 0 aliphatic carbocycles. The van der Waals surface area contributed by atoms with E-state index < -0.39 is 0 Å². The van der Waals surface area contributed by atoms with E-state index in [1.165, 1.54) is 28.7 Å². The van der Waals surface area contributed by atoms with Crippen molar-refractivity contribution in [2.75, 3.05) is 11.1 Å². The number of tetrazole rings is 1. The number of thiazole rings is 1. The predicted molar refractivity (Wildman–Crippen MR) is 111 cm³/mol. The zero-order valence-corrected chi connectivity index (χ0v) is 17.3. The summed E-state index contributed by atoms with van der Waals surface area (Å²) in [4.78, 5) is 16.7. The second-order valence-corrected chi connectivity index (χ2v) is 8.57. The molecule has 27 heavy (non-hydrogen) atoms. The highest BCUT2D eigenvalue weighted by atomic mass is 79.9. The molecule has 10 heteroatoms. The van der Waals surface area contributed by atoms with Crippen molar-refractivity contribution in [3.05, 3.63) is 52.5 Å². The van der Waals surface area contributed by atoms with Gasteiger partial charge < -0.3 is 5.32 Å². The van der Waals surface area contributed by atoms with E-state index in [0.717, 1.165) is 20.4 Å². The highest BCUT2D eigenvalue weighted by Gasteiger charge is 2.13. The molecule has 0 bridgehead atoms. The van der Waals surface area contributed by atoms with Gasteiger partial charge >= 0.3 is 0 Å². The lowest BCUT2D eigenvalue weighted by atomic mass is 10.2. The molecule has 0 fully saturated rings. The fourth-order valence-electron chi connectivity index (χ4n) is 2.38. The quantitative estimate of drug-likeness (QED) is 0.451. The Bertz CT molecular complexity index is 1110. The summed E-state index contributed by atoms with van der Waals surface area (Å²) in [6.45, 7) is 2.03. The number of benzene rings is 2. The van der Waals surface area contributed by atoms with Crippen LogP contribution in [-0.4, -0.2) is 36.9 Å². The lowest BCUT2D eigenvalue weighted by Gasteiger charge is -2.04. The number of amides is 1. The van der Waals surface area contributed by atoms with Gasteiger partial charge in [0.2, 0.25) is 11.1 Å². The van der Waals surface area contributed by atoms with Crippen LogP contribution in [0, 0.1) is 6.92 Å². The largest absolute Gasteiger partial charge is 0.301 e. The van der Waals surface area contributed by atoms with Crippen LogP contribution in [0.3, 0.4) is 0 Å². The molecule has 1 amide bonds. The fourth-order valence-corrected chi connectivity index (χ4v) is 4.32. The monoisotopic (exact) mass is 460 g/mol. The predicted octanol–water partition coefficient (Wildman–Crippen LogP) is 4.07. The average Bonchev–Trinajstić information content (AvgIpc) is 3.26. The fraction of sp³-hybridized carbons (Fsp3) is 0.118. The van der Waals surface area contributed by atoms with Crippen molar-refractivity contribution < 1.29 is 4.79 Å². The number of carbonyl (C=O) groups is 1. The van der Waals surface area contributed by atoms with Crippen LogP contribution in [0.2, 0.25) is 0 Å². The Labute approximate surface area is 171 Å². The summed E-state index contributed by atoms with van der Waals surface area (Å²) >= 11 is 6.13. The maximum absolute atomic E-state index is 12.3. The van der Waals surface area contributed by atoms with Gasteiger partial charge in [-0.2, -0.15) is 4.68 Å². The van der Waals surface area contributed by atoms with Gasteiger partial charge in [-0.3, -0.25) is 4.79 Å². The van der Waals surface area contributed by atoms with Gasteiger partial charge in [-0.1, -0.05) is 45.1 Å². The number of nitrogens with zero attached hydrogens (tertiary/aromatic N) is 5. The minimum absolute atomic E-state index is 0.152. The number of anilines is 1. The molecule has 7 nitrogen and oxygen atoms in total. The van der Waals surface area contributed by atoms with Crippen molar-refractivity contribution in [3.8, 4) is 5.69 Å². The van der Waals surface area contributed by atoms with Crippen molar-refractivity contribution in [1.82, 2.24) is 25.2 Å². The molecule has 0 saturated heterocycles. The molecule has 136 valence electrons. The summed E-state index contributed by atoms with van der Waals surface area (Å²) in [5.74, 6) is 0.0346. The van der Waals surface area contributed by atoms with Gasteiger partial charge in [0.15, 0.2) is 5.13 Å². The maximum Gasteiger partial charge on any atom is 0.236 e. The van der Waals surface area contributed by atoms with E-state index in [1.807, 2.05) is 43.3 Å². The SMILES string of the molecule is Cc1ccc2nc(NC(=O)CSc3nnnn3-c3ccc(Br)cc3)sc2c1. The van der Waals surface area contributed by atoms with Crippen molar-refractivity contribution in [2.24, 2.45) is 0 Å². The standard InChI is InChI=1S/C17H13BrN6OS2/c1-10-2-7-13-14(8-10)27-16(19-13)20-15(25)9-26-17-21-22-23-24(17)12-5-3-11(18)4-6-12/h2-8H,9H2,1H3,(H,19,20,25). The number of aromatic nitrogens is 5. The van der Waals surface area contributed by atoms with Crippen LogP contribution in [0.25, 0.3) is 15.9 Å². The molecule has 0 aliphatic rings. The molecule has 4 rings (SSSR count). The number of hydrogen-bond acceptors (Lipinski definition) is 7. The molecule has 0 spiro atoms. The third-order valence-electron chi connectivity index (χ3n) is 3.63. The Balaban J connectivity index is 1.42. The van der Waals surface area contributed by atoms with Gasteiger partial charge in [-0.15, -0.1) is 5.10 Å². The first-order valence-electron chi connectivity index (χ1n) is 7.93. The van der Waals surface area contributed by atoms with E-state index in [9.17, 15) is 4.79 Å². The van der Waals surface area contributed by atoms with Crippen LogP contribution in [0.5, 0.6) is 0 Å². The molecular formula is C17H13BrN6OS2. The highest BCUT2D eigenvalue weighted by molar-refractivity contribution is 9.10. The van der Waals surface area contributed by atoms with E-state index in [2.05, 4.69) is 47.8 Å². The molecule has 2 aromatic heterocycles. The zero-order valence-electron chi connectivity index (χ0n) is 14.1. The Kier molecular flexibility index (Phi) is 5.19. The van der Waals surface area contributed by atoms with Gasteiger partial charge in [0.25, 0.3) is 0 Å². The number of rotatable bonds is 5. The van der Waals surface area contributed by atoms with Crippen molar-refractivity contribution in [3.63, 3.8) is 0 Å². The molecular weight excluding hydrogens is 448 g/mol. The zero-order chi connectivity index (χ0) is 18.8. The molecule has 1 N–H and O–H groups in total. The second kappa shape index (κ2) is 7.75. The number of halogens is 1. The van der Waals surface area contributed by atoms with E-state index in [-0.39, 0.29) is 11.7 Å². The van der Waals surface area contributed by atoms with Crippen LogP contribution in [0.4, 0.5) is 5.13 Å². The maximum atomic E-state index is 12.3. The van der Waals surface area contributed by atoms with Crippen molar-refractivity contribution in [1.29, 1.82) is 0 Å². The highest BCUT2D eigenvalue weighted by Crippen LogP contribution is 2.27. The van der Waals surface area contributed by atoms with Crippen LogP contribution in [0.1, 0.15) is 5.56 Å². The average molecular weight is 461 g/mol. The second-order valence-electron chi connectivity index (χ2n) is 5.68. The molecule has 0 atom stereocenters. The Morgan fingerprint density at radius 3 is 2.89 bits per heavy atom. The molecule has 0 radical (unpaired) electrons. The first-order valence-corrected chi connectivity index (χ1v) is 10.5. The van der Waals surface area contributed by atoms with Crippen LogP contribution in [0.15, 0.2) is 52.1 Å². The third-order valence-corrected chi connectivity index (χ3v) is 6.02. The molecule has 0 saturated carbocycles. The van der Waals surface area contributed by atoms with Crippen molar-refractivity contribution >= 4 is 60.3 Å². The van der Waals surface area contributed by atoms with Gasteiger partial charge in [-0.05, 0) is 59.3 Å². The van der Waals surface area contributed by atoms with Gasteiger partial charge in [0.05, 0.1) is 21.7 Å². The lowest BCUT2D eigenvalue weighted by Crippen LogP contribution is -2.14. The number of carbonyl (C=O) groups excluding carboxylic acids is 1. The molecule has 2 heterocycles. The summed E-state index contributed by atoms with van der Waals surface area (Å²) < 4.78 is 3.63. The number of aryl methyl sites for hydroxylation is 1. The Morgan fingerprint density at radius 1 is 1.26 bits per heavy atom. The molecule has 4 aromatic rings. The normalized spacial score (nSPS) is 11.0. The molecule has 2 aromatic carbocycles. The summed E-state index contributed by atoms with van der Waals surface area (Å²) in [5, 5.41) is 15.7. The number of fused-ring (bicyclic) bond motifs is 1.